The van der Waals surface area contributed by atoms with Crippen molar-refractivity contribution in [1.82, 2.24) is 4.98 Å². The van der Waals surface area contributed by atoms with Gasteiger partial charge in [0.05, 0.1) is 6.21 Å². The highest BCUT2D eigenvalue weighted by Gasteiger charge is 2.36. The number of nitrogens with one attached hydrogen (secondary N) is 1. The molecule has 3 aromatic rings. The summed E-state index contributed by atoms with van der Waals surface area (Å²) >= 11 is 0. The first-order valence-corrected chi connectivity index (χ1v) is 7.53. The van der Waals surface area contributed by atoms with Gasteiger partial charge in [-0.2, -0.15) is 14.7 Å². The van der Waals surface area contributed by atoms with Gasteiger partial charge < -0.3 is 10.5 Å². The Hall–Kier alpha value is -3.41. The number of ether oxygens (including phenoxy) is 1. The van der Waals surface area contributed by atoms with E-state index in [-0.39, 0.29) is 6.03 Å². The van der Waals surface area contributed by atoms with E-state index in [1.807, 2.05) is 36.4 Å². The molecule has 0 aliphatic carbocycles. The number of amides is 2. The monoisotopic (exact) mass is 319 g/mol. The number of hydrogen-bond acceptors (Lipinski definition) is 4. The average Bonchev–Trinajstić information content (AvgIpc) is 2.93. The van der Waals surface area contributed by atoms with Crippen LogP contribution < -0.4 is 15.8 Å². The molecule has 24 heavy (non-hydrogen) atoms. The van der Waals surface area contributed by atoms with E-state index in [2.05, 4.69) is 10.3 Å². The summed E-state index contributed by atoms with van der Waals surface area (Å²) in [6.07, 6.45) is 3.28. The number of fused-ring (bicyclic) bond motifs is 2. The summed E-state index contributed by atoms with van der Waals surface area (Å²) in [5.74, 6) is 1.70. The zero-order valence-electron chi connectivity index (χ0n) is 13.0. The van der Waals surface area contributed by atoms with Crippen LogP contribution in [-0.2, 0) is 0 Å². The third kappa shape index (κ3) is 2.08. The van der Waals surface area contributed by atoms with Crippen molar-refractivity contribution < 1.29 is 14.1 Å². The molecule has 2 amide bonds. The van der Waals surface area contributed by atoms with Crippen LogP contribution in [0.25, 0.3) is 10.8 Å². The molecule has 1 aromatic heterocycles. The number of aromatic nitrogens is 1. The Bertz CT molecular complexity index is 1010. The highest BCUT2D eigenvalue weighted by molar-refractivity contribution is 5.98. The maximum atomic E-state index is 12.0. The second-order valence-electron chi connectivity index (χ2n) is 5.37. The van der Waals surface area contributed by atoms with E-state index in [0.29, 0.717) is 28.7 Å². The standard InChI is InChI=1S/C18H14N4O2/c1-2-22-16-15(9-10-20-17(16)21-18(22)23)24-14-8-7-13(19)11-5-3-4-6-12(11)14/h2-10H,19H2,1H3/p+1. The van der Waals surface area contributed by atoms with Crippen molar-refractivity contribution in [1.29, 1.82) is 0 Å². The summed E-state index contributed by atoms with van der Waals surface area (Å²) in [4.78, 5) is 16.2. The summed E-state index contributed by atoms with van der Waals surface area (Å²) in [5, 5.41) is 4.55. The Morgan fingerprint density at radius 1 is 1.12 bits per heavy atom. The third-order valence-corrected chi connectivity index (χ3v) is 3.97. The quantitative estimate of drug-likeness (QED) is 0.555. The van der Waals surface area contributed by atoms with Crippen LogP contribution >= 0.6 is 0 Å². The van der Waals surface area contributed by atoms with Crippen molar-refractivity contribution in [2.24, 2.45) is 0 Å². The molecule has 0 unspecified atom stereocenters. The lowest BCUT2D eigenvalue weighted by Gasteiger charge is -2.11. The van der Waals surface area contributed by atoms with Gasteiger partial charge in [0, 0.05) is 28.7 Å². The molecular formula is C18H15N4O2+. The molecule has 1 aliphatic heterocycles. The summed E-state index contributed by atoms with van der Waals surface area (Å²) < 4.78 is 7.60. The summed E-state index contributed by atoms with van der Waals surface area (Å²) in [5.41, 5.74) is 7.33. The molecule has 118 valence electrons. The zero-order valence-corrected chi connectivity index (χ0v) is 13.0. The van der Waals surface area contributed by atoms with Gasteiger partial charge in [0.1, 0.15) is 5.75 Å². The predicted molar refractivity (Wildman–Crippen MR) is 93.3 cm³/mol. The van der Waals surface area contributed by atoms with Crippen molar-refractivity contribution in [3.05, 3.63) is 48.7 Å². The molecule has 6 nitrogen and oxygen atoms in total. The minimum Gasteiger partial charge on any atom is -0.452 e. The van der Waals surface area contributed by atoms with Crippen LogP contribution in [0.3, 0.4) is 0 Å². The molecule has 0 fully saturated rings. The number of anilines is 2. The van der Waals surface area contributed by atoms with Gasteiger partial charge in [0.15, 0.2) is 5.75 Å². The number of nitrogens with two attached hydrogens (primary N) is 1. The second kappa shape index (κ2) is 5.34. The number of pyridine rings is 1. The normalized spacial score (nSPS) is 14.7. The molecule has 0 radical (unpaired) electrons. The van der Waals surface area contributed by atoms with E-state index < -0.39 is 0 Å². The van der Waals surface area contributed by atoms with Crippen LogP contribution in [0.4, 0.5) is 22.0 Å². The number of carbonyl (C=O) groups excluding carboxylic acids is 1. The molecule has 3 N–H and O–H groups in total. The number of urea groups is 1. The number of benzene rings is 2. The largest absolute Gasteiger partial charge is 0.502 e. The Balaban J connectivity index is 1.86. The minimum absolute atomic E-state index is 0.252. The van der Waals surface area contributed by atoms with Gasteiger partial charge in [-0.3, -0.25) is 0 Å². The molecule has 2 aromatic carbocycles. The van der Waals surface area contributed by atoms with E-state index in [1.165, 1.54) is 4.58 Å². The lowest BCUT2D eigenvalue weighted by atomic mass is 10.1. The summed E-state index contributed by atoms with van der Waals surface area (Å²) in [7, 11) is 0. The molecular weight excluding hydrogens is 304 g/mol. The third-order valence-electron chi connectivity index (χ3n) is 3.97. The molecule has 0 saturated heterocycles. The fourth-order valence-electron chi connectivity index (χ4n) is 2.85. The number of hydrogen-bond donors (Lipinski definition) is 2. The van der Waals surface area contributed by atoms with Crippen LogP contribution in [0.1, 0.15) is 6.92 Å². The fraction of sp³-hybridized carbons (Fsp3) is 0.0556. The minimum atomic E-state index is -0.252. The zero-order chi connectivity index (χ0) is 16.7. The van der Waals surface area contributed by atoms with E-state index in [9.17, 15) is 4.79 Å². The molecule has 0 spiro atoms. The summed E-state index contributed by atoms with van der Waals surface area (Å²) in [6.45, 7) is 1.78. The lowest BCUT2D eigenvalue weighted by molar-refractivity contribution is -0.316. The van der Waals surface area contributed by atoms with Crippen LogP contribution in [0.5, 0.6) is 11.5 Å². The smallest absolute Gasteiger partial charge is 0.452 e. The van der Waals surface area contributed by atoms with Gasteiger partial charge in [0.2, 0.25) is 5.69 Å². The fourth-order valence-corrected chi connectivity index (χ4v) is 2.85. The number of rotatable bonds is 2. The van der Waals surface area contributed by atoms with Gasteiger partial charge in [0.25, 0.3) is 5.82 Å². The Morgan fingerprint density at radius 3 is 2.71 bits per heavy atom. The van der Waals surface area contributed by atoms with Crippen molar-refractivity contribution >= 4 is 40.2 Å². The van der Waals surface area contributed by atoms with Crippen molar-refractivity contribution in [2.75, 3.05) is 11.1 Å². The van der Waals surface area contributed by atoms with Crippen molar-refractivity contribution in [2.45, 2.75) is 6.92 Å². The first kappa shape index (κ1) is 14.2. The van der Waals surface area contributed by atoms with E-state index in [4.69, 9.17) is 10.5 Å². The maximum Gasteiger partial charge on any atom is 0.502 e. The molecule has 2 heterocycles. The second-order valence-corrected chi connectivity index (χ2v) is 5.37. The molecule has 1 aliphatic rings. The Morgan fingerprint density at radius 2 is 1.92 bits per heavy atom. The number of carbonyl (C=O) groups is 1. The number of nitrogens with zero attached hydrogens (tertiary/aromatic N) is 2. The van der Waals surface area contributed by atoms with E-state index in [0.717, 1.165) is 10.8 Å². The van der Waals surface area contributed by atoms with Crippen LogP contribution in [0, 0.1) is 0 Å². The lowest BCUT2D eigenvalue weighted by Crippen LogP contribution is -2.14. The van der Waals surface area contributed by atoms with Crippen LogP contribution in [0.2, 0.25) is 0 Å². The SMILES string of the molecule is CC=[N+]1C(=O)Nc2nccc(Oc3ccc(N)c4ccccc34)c21. The van der Waals surface area contributed by atoms with E-state index in [1.54, 1.807) is 25.4 Å². The maximum absolute atomic E-state index is 12.0. The Labute approximate surface area is 138 Å². The molecule has 0 atom stereocenters. The molecule has 0 bridgehead atoms. The van der Waals surface area contributed by atoms with Crippen LogP contribution in [-0.4, -0.2) is 21.8 Å². The van der Waals surface area contributed by atoms with Gasteiger partial charge in [-0.1, -0.05) is 24.3 Å². The molecule has 0 saturated carbocycles. The summed E-state index contributed by atoms with van der Waals surface area (Å²) in [6, 6.07) is 12.9. The van der Waals surface area contributed by atoms with E-state index >= 15 is 0 Å². The topological polar surface area (TPSA) is 80.2 Å². The highest BCUT2D eigenvalue weighted by atomic mass is 16.5. The molecule has 6 heteroatoms. The van der Waals surface area contributed by atoms with Gasteiger partial charge in [-0.25, -0.2) is 4.98 Å². The highest BCUT2D eigenvalue weighted by Crippen LogP contribution is 2.41. The molecule has 4 rings (SSSR count). The average molecular weight is 319 g/mol. The Kier molecular flexibility index (Phi) is 3.16. The predicted octanol–water partition coefficient (Wildman–Crippen LogP) is 3.89. The van der Waals surface area contributed by atoms with Gasteiger partial charge in [-0.05, 0) is 19.1 Å². The first-order valence-electron chi connectivity index (χ1n) is 7.53. The first-order chi connectivity index (χ1) is 11.7. The van der Waals surface area contributed by atoms with Crippen molar-refractivity contribution in [3.8, 4) is 11.5 Å². The van der Waals surface area contributed by atoms with Crippen molar-refractivity contribution in [3.63, 3.8) is 0 Å². The number of nitrogen functional groups attached to an aromatic ring is 1. The van der Waals surface area contributed by atoms with Gasteiger partial charge >= 0.3 is 6.03 Å². The van der Waals surface area contributed by atoms with Gasteiger partial charge in [-0.15, -0.1) is 0 Å². The van der Waals surface area contributed by atoms with Crippen LogP contribution in [0.15, 0.2) is 48.7 Å².